The molecule has 1 aromatic rings. The van der Waals surface area contributed by atoms with E-state index in [1.54, 1.807) is 24.3 Å². The van der Waals surface area contributed by atoms with Crippen LogP contribution in [0.3, 0.4) is 0 Å². The first-order chi connectivity index (χ1) is 12.9. The highest BCUT2D eigenvalue weighted by molar-refractivity contribution is 6.24. The van der Waals surface area contributed by atoms with Crippen molar-refractivity contribution >= 4 is 29.2 Å². The fraction of sp³-hybridized carbons (Fsp3) is 0.571. The van der Waals surface area contributed by atoms with E-state index in [1.807, 2.05) is 0 Å². The average molecular weight is 387 g/mol. The van der Waals surface area contributed by atoms with E-state index in [1.165, 1.54) is 6.42 Å². The van der Waals surface area contributed by atoms with Crippen LogP contribution in [-0.4, -0.2) is 23.4 Å². The van der Waals surface area contributed by atoms with E-state index in [-0.39, 0.29) is 23.4 Å². The largest absolute Gasteiger partial charge is 0.455 e. The van der Waals surface area contributed by atoms with Gasteiger partial charge in [0.1, 0.15) is 0 Å². The van der Waals surface area contributed by atoms with Crippen molar-refractivity contribution in [2.24, 2.45) is 17.3 Å². The Morgan fingerprint density at radius 1 is 1.19 bits per heavy atom. The van der Waals surface area contributed by atoms with Gasteiger partial charge in [-0.15, -0.1) is 11.6 Å². The number of amides is 1. The number of anilines is 1. The first kappa shape index (κ1) is 18.3. The fourth-order valence-corrected chi connectivity index (χ4v) is 6.36. The number of carbonyl (C=O) groups excluding carboxylic acids is 2. The molecule has 0 aliphatic heterocycles. The first-order valence-corrected chi connectivity index (χ1v) is 9.89. The van der Waals surface area contributed by atoms with Crippen molar-refractivity contribution in [3.8, 4) is 6.07 Å². The van der Waals surface area contributed by atoms with Crippen molar-refractivity contribution in [3.63, 3.8) is 0 Å². The van der Waals surface area contributed by atoms with Crippen molar-refractivity contribution in [3.05, 3.63) is 29.8 Å². The molecule has 4 aliphatic carbocycles. The van der Waals surface area contributed by atoms with Crippen LogP contribution in [0.1, 0.15) is 44.1 Å². The number of hydrogen-bond donors (Lipinski definition) is 1. The molecule has 6 heteroatoms. The minimum atomic E-state index is -0.495. The van der Waals surface area contributed by atoms with Gasteiger partial charge in [-0.05, 0) is 68.1 Å². The standard InChI is InChI=1S/C21H23ClN2O3/c22-21-10-15-7-16(11-21)9-20(8-15,13-21)19(26)27-12-18(25)24-17-3-1-14(2-4-17)5-6-23/h1-4,15-16H,5,7-13H2,(H,24,25)/t15-,16+,20?,21?. The Hall–Kier alpha value is -2.06. The van der Waals surface area contributed by atoms with Crippen LogP contribution in [0.25, 0.3) is 0 Å². The second-order valence-corrected chi connectivity index (χ2v) is 9.35. The van der Waals surface area contributed by atoms with Crippen LogP contribution in [-0.2, 0) is 20.7 Å². The molecule has 0 aromatic heterocycles. The predicted octanol–water partition coefficient (Wildman–Crippen LogP) is 3.81. The molecule has 1 N–H and O–H groups in total. The average Bonchev–Trinajstić information content (AvgIpc) is 2.59. The Bertz CT molecular complexity index is 785. The summed E-state index contributed by atoms with van der Waals surface area (Å²) in [6.07, 6.45) is 5.88. The minimum Gasteiger partial charge on any atom is -0.455 e. The number of benzene rings is 1. The molecule has 2 unspecified atom stereocenters. The molecule has 4 atom stereocenters. The fourth-order valence-electron chi connectivity index (χ4n) is 5.67. The molecule has 27 heavy (non-hydrogen) atoms. The number of carbonyl (C=O) groups is 2. The van der Waals surface area contributed by atoms with Crippen LogP contribution in [0.4, 0.5) is 5.69 Å². The normalized spacial score (nSPS) is 33.3. The number of nitriles is 1. The molecule has 1 aromatic carbocycles. The Morgan fingerprint density at radius 2 is 1.85 bits per heavy atom. The lowest BCUT2D eigenvalue weighted by atomic mass is 9.49. The van der Waals surface area contributed by atoms with E-state index in [9.17, 15) is 9.59 Å². The van der Waals surface area contributed by atoms with Gasteiger partial charge in [0.25, 0.3) is 5.91 Å². The summed E-state index contributed by atoms with van der Waals surface area (Å²) in [6.45, 7) is -0.287. The number of nitrogens with zero attached hydrogens (tertiary/aromatic N) is 1. The molecular weight excluding hydrogens is 364 g/mol. The summed E-state index contributed by atoms with van der Waals surface area (Å²) < 4.78 is 5.42. The summed E-state index contributed by atoms with van der Waals surface area (Å²) >= 11 is 6.76. The summed E-state index contributed by atoms with van der Waals surface area (Å²) in [5.41, 5.74) is 1.01. The van der Waals surface area contributed by atoms with Gasteiger partial charge < -0.3 is 10.1 Å². The van der Waals surface area contributed by atoms with E-state index in [4.69, 9.17) is 21.6 Å². The predicted molar refractivity (Wildman–Crippen MR) is 101 cm³/mol. The van der Waals surface area contributed by atoms with Gasteiger partial charge in [0.2, 0.25) is 0 Å². The maximum atomic E-state index is 12.8. The van der Waals surface area contributed by atoms with Crippen LogP contribution in [0, 0.1) is 28.6 Å². The van der Waals surface area contributed by atoms with Crippen molar-refractivity contribution in [2.45, 2.75) is 49.8 Å². The van der Waals surface area contributed by atoms with Crippen molar-refractivity contribution in [2.75, 3.05) is 11.9 Å². The molecular formula is C21H23ClN2O3. The van der Waals surface area contributed by atoms with Gasteiger partial charge in [-0.25, -0.2) is 0 Å². The summed E-state index contributed by atoms with van der Waals surface area (Å²) in [5, 5.41) is 11.4. The van der Waals surface area contributed by atoms with Crippen LogP contribution in [0.2, 0.25) is 0 Å². The molecule has 4 bridgehead atoms. The van der Waals surface area contributed by atoms with E-state index in [0.717, 1.165) is 31.2 Å². The minimum absolute atomic E-state index is 0.253. The van der Waals surface area contributed by atoms with Gasteiger partial charge in [-0.1, -0.05) is 12.1 Å². The lowest BCUT2D eigenvalue weighted by molar-refractivity contribution is -0.171. The molecule has 4 fully saturated rings. The molecule has 0 saturated heterocycles. The zero-order valence-corrected chi connectivity index (χ0v) is 15.9. The van der Waals surface area contributed by atoms with Gasteiger partial charge in [0, 0.05) is 10.6 Å². The highest BCUT2D eigenvalue weighted by Gasteiger charge is 2.60. The third-order valence-corrected chi connectivity index (χ3v) is 6.72. The van der Waals surface area contributed by atoms with Crippen molar-refractivity contribution in [1.82, 2.24) is 0 Å². The molecule has 1 amide bonds. The maximum Gasteiger partial charge on any atom is 0.312 e. The number of halogens is 1. The molecule has 0 radical (unpaired) electrons. The summed E-state index contributed by atoms with van der Waals surface area (Å²) in [7, 11) is 0. The molecule has 5 rings (SSSR count). The molecule has 142 valence electrons. The topological polar surface area (TPSA) is 79.2 Å². The van der Waals surface area contributed by atoms with E-state index < -0.39 is 5.41 Å². The van der Waals surface area contributed by atoms with Gasteiger partial charge in [-0.2, -0.15) is 5.26 Å². The third-order valence-electron chi connectivity index (χ3n) is 6.28. The summed E-state index contributed by atoms with van der Waals surface area (Å²) in [6, 6.07) is 9.14. The van der Waals surface area contributed by atoms with Gasteiger partial charge in [-0.3, -0.25) is 9.59 Å². The monoisotopic (exact) mass is 386 g/mol. The first-order valence-electron chi connectivity index (χ1n) is 9.52. The van der Waals surface area contributed by atoms with Crippen LogP contribution in [0.5, 0.6) is 0 Å². The van der Waals surface area contributed by atoms with Crippen LogP contribution >= 0.6 is 11.6 Å². The maximum absolute atomic E-state index is 12.8. The Labute approximate surface area is 164 Å². The number of ether oxygens (including phenoxy) is 1. The van der Waals surface area contributed by atoms with E-state index in [2.05, 4.69) is 11.4 Å². The molecule has 0 spiro atoms. The molecule has 4 aliphatic rings. The van der Waals surface area contributed by atoms with Crippen LogP contribution in [0.15, 0.2) is 24.3 Å². The Balaban J connectivity index is 1.33. The van der Waals surface area contributed by atoms with Crippen LogP contribution < -0.4 is 5.32 Å². The van der Waals surface area contributed by atoms with Gasteiger partial charge in [0.05, 0.1) is 17.9 Å². The second-order valence-electron chi connectivity index (χ2n) is 8.55. The summed E-state index contributed by atoms with van der Waals surface area (Å²) in [5.74, 6) is 0.400. The summed E-state index contributed by atoms with van der Waals surface area (Å²) in [4.78, 5) is 24.7. The Morgan fingerprint density at radius 3 is 2.44 bits per heavy atom. The lowest BCUT2D eigenvalue weighted by Crippen LogP contribution is -2.56. The van der Waals surface area contributed by atoms with Gasteiger partial charge >= 0.3 is 5.97 Å². The van der Waals surface area contributed by atoms with E-state index in [0.29, 0.717) is 30.4 Å². The van der Waals surface area contributed by atoms with Crippen molar-refractivity contribution in [1.29, 1.82) is 5.26 Å². The number of hydrogen-bond acceptors (Lipinski definition) is 4. The van der Waals surface area contributed by atoms with Gasteiger partial charge in [0.15, 0.2) is 6.61 Å². The zero-order chi connectivity index (χ0) is 19.1. The molecule has 4 saturated carbocycles. The highest BCUT2D eigenvalue weighted by Crippen LogP contribution is 2.64. The Kier molecular flexibility index (Phi) is 4.63. The molecule has 5 nitrogen and oxygen atoms in total. The number of nitrogens with one attached hydrogen (secondary N) is 1. The molecule has 0 heterocycles. The smallest absolute Gasteiger partial charge is 0.312 e. The van der Waals surface area contributed by atoms with Crippen molar-refractivity contribution < 1.29 is 14.3 Å². The number of esters is 1. The second kappa shape index (κ2) is 6.83. The quantitative estimate of drug-likeness (QED) is 0.616. The SMILES string of the molecule is N#CCc1ccc(NC(=O)COC(=O)C23C[C@@H]4C[C@@H](CC(Cl)(C4)C2)C3)cc1. The third kappa shape index (κ3) is 3.68. The van der Waals surface area contributed by atoms with E-state index >= 15 is 0 Å². The highest BCUT2D eigenvalue weighted by atomic mass is 35.5. The zero-order valence-electron chi connectivity index (χ0n) is 15.2. The lowest BCUT2D eigenvalue weighted by Gasteiger charge is -2.58. The number of rotatable bonds is 5. The number of alkyl halides is 1.